The average Bonchev–Trinajstić information content (AvgIpc) is 2.45. The van der Waals surface area contributed by atoms with Gasteiger partial charge < -0.3 is 10.0 Å². The van der Waals surface area contributed by atoms with Gasteiger partial charge in [-0.3, -0.25) is 0 Å². The van der Waals surface area contributed by atoms with Crippen molar-refractivity contribution in [3.63, 3.8) is 0 Å². The van der Waals surface area contributed by atoms with Crippen LogP contribution in [0.25, 0.3) is 6.08 Å². The number of carbonyl (C=O) groups is 1. The van der Waals surface area contributed by atoms with E-state index >= 15 is 0 Å². The first kappa shape index (κ1) is 14.6. The topological polar surface area (TPSA) is 40.5 Å². The molecule has 0 aromatic heterocycles. The standard InChI is InChI=1S/C17H23NO2/c1-3-15-6-4-5-11-18(15)16-9-7-14(12-13(16)2)8-10-17(19)20/h7-10,12,15H,3-6,11H2,1-2H3,(H,19,20). The summed E-state index contributed by atoms with van der Waals surface area (Å²) in [6.07, 6.45) is 7.87. The molecule has 0 spiro atoms. The van der Waals surface area contributed by atoms with E-state index in [1.807, 2.05) is 6.07 Å². The molecule has 1 aromatic rings. The van der Waals surface area contributed by atoms with Gasteiger partial charge in [-0.15, -0.1) is 0 Å². The van der Waals surface area contributed by atoms with Crippen LogP contribution in [0.4, 0.5) is 5.69 Å². The average molecular weight is 273 g/mol. The second-order valence-electron chi connectivity index (χ2n) is 5.47. The second kappa shape index (κ2) is 6.60. The van der Waals surface area contributed by atoms with Crippen molar-refractivity contribution in [2.24, 2.45) is 0 Å². The van der Waals surface area contributed by atoms with Crippen LogP contribution in [0.3, 0.4) is 0 Å². The molecule has 1 atom stereocenters. The van der Waals surface area contributed by atoms with Gasteiger partial charge in [-0.2, -0.15) is 0 Å². The van der Waals surface area contributed by atoms with Crippen molar-refractivity contribution >= 4 is 17.7 Å². The summed E-state index contributed by atoms with van der Waals surface area (Å²) < 4.78 is 0. The molecule has 3 heteroatoms. The van der Waals surface area contributed by atoms with Crippen LogP contribution < -0.4 is 4.90 Å². The molecule has 0 aliphatic carbocycles. The minimum absolute atomic E-state index is 0.642. The van der Waals surface area contributed by atoms with Crippen molar-refractivity contribution in [3.8, 4) is 0 Å². The number of anilines is 1. The van der Waals surface area contributed by atoms with E-state index in [1.54, 1.807) is 6.08 Å². The van der Waals surface area contributed by atoms with E-state index < -0.39 is 5.97 Å². The Morgan fingerprint density at radius 2 is 2.25 bits per heavy atom. The lowest BCUT2D eigenvalue weighted by Gasteiger charge is -2.38. The van der Waals surface area contributed by atoms with Crippen molar-refractivity contribution in [1.29, 1.82) is 0 Å². The third-order valence-electron chi connectivity index (χ3n) is 4.05. The number of piperidine rings is 1. The molecule has 1 aliphatic rings. The van der Waals surface area contributed by atoms with E-state index in [0.717, 1.165) is 12.1 Å². The highest BCUT2D eigenvalue weighted by Gasteiger charge is 2.21. The zero-order valence-electron chi connectivity index (χ0n) is 12.3. The molecule has 1 N–H and O–H groups in total. The molecule has 0 radical (unpaired) electrons. The highest BCUT2D eigenvalue weighted by Crippen LogP contribution is 2.29. The molecule has 3 nitrogen and oxygen atoms in total. The van der Waals surface area contributed by atoms with Gasteiger partial charge in [-0.25, -0.2) is 4.79 Å². The molecule has 1 unspecified atom stereocenters. The highest BCUT2D eigenvalue weighted by molar-refractivity contribution is 5.85. The van der Waals surface area contributed by atoms with Crippen molar-refractivity contribution < 1.29 is 9.90 Å². The highest BCUT2D eigenvalue weighted by atomic mass is 16.4. The lowest BCUT2D eigenvalue weighted by Crippen LogP contribution is -2.39. The molecule has 108 valence electrons. The van der Waals surface area contributed by atoms with Crippen LogP contribution in [0.15, 0.2) is 24.3 Å². The molecule has 1 fully saturated rings. The molecule has 0 amide bonds. The van der Waals surface area contributed by atoms with Gasteiger partial charge >= 0.3 is 5.97 Å². The number of rotatable bonds is 4. The van der Waals surface area contributed by atoms with Gasteiger partial charge in [0.25, 0.3) is 0 Å². The summed E-state index contributed by atoms with van der Waals surface area (Å²) in [6, 6.07) is 6.84. The maximum absolute atomic E-state index is 10.6. The van der Waals surface area contributed by atoms with Gasteiger partial charge in [-0.1, -0.05) is 13.0 Å². The van der Waals surface area contributed by atoms with Gasteiger partial charge in [0, 0.05) is 24.4 Å². The number of nitrogens with zero attached hydrogens (tertiary/aromatic N) is 1. The Bertz CT molecular complexity index is 508. The van der Waals surface area contributed by atoms with Crippen molar-refractivity contribution in [1.82, 2.24) is 0 Å². The van der Waals surface area contributed by atoms with Crippen molar-refractivity contribution in [2.75, 3.05) is 11.4 Å². The molecule has 0 bridgehead atoms. The molecule has 1 heterocycles. The molecule has 0 saturated carbocycles. The van der Waals surface area contributed by atoms with Crippen LogP contribution in [-0.4, -0.2) is 23.7 Å². The number of aliphatic carboxylic acids is 1. The molecular weight excluding hydrogens is 250 g/mol. The van der Waals surface area contributed by atoms with Crippen LogP contribution in [0.2, 0.25) is 0 Å². The van der Waals surface area contributed by atoms with E-state index in [4.69, 9.17) is 5.11 Å². The van der Waals surface area contributed by atoms with Gasteiger partial charge in [0.15, 0.2) is 0 Å². The Hall–Kier alpha value is -1.77. The third kappa shape index (κ3) is 3.41. The Balaban J connectivity index is 2.22. The maximum Gasteiger partial charge on any atom is 0.328 e. The fourth-order valence-corrected chi connectivity index (χ4v) is 3.01. The summed E-state index contributed by atoms with van der Waals surface area (Å²) in [4.78, 5) is 13.1. The predicted octanol–water partition coefficient (Wildman–Crippen LogP) is 3.86. The van der Waals surface area contributed by atoms with Crippen LogP contribution in [-0.2, 0) is 4.79 Å². The summed E-state index contributed by atoms with van der Waals surface area (Å²) in [5.41, 5.74) is 3.46. The smallest absolute Gasteiger partial charge is 0.328 e. The van der Waals surface area contributed by atoms with Gasteiger partial charge in [0.05, 0.1) is 0 Å². The van der Waals surface area contributed by atoms with E-state index in [-0.39, 0.29) is 0 Å². The van der Waals surface area contributed by atoms with Crippen LogP contribution in [0, 0.1) is 6.92 Å². The lowest BCUT2D eigenvalue weighted by atomic mass is 9.97. The first-order valence-corrected chi connectivity index (χ1v) is 7.40. The van der Waals surface area contributed by atoms with Crippen molar-refractivity contribution in [2.45, 2.75) is 45.6 Å². The Morgan fingerprint density at radius 1 is 1.45 bits per heavy atom. The third-order valence-corrected chi connectivity index (χ3v) is 4.05. The minimum Gasteiger partial charge on any atom is -0.478 e. The monoisotopic (exact) mass is 273 g/mol. The van der Waals surface area contributed by atoms with Crippen molar-refractivity contribution in [3.05, 3.63) is 35.4 Å². The predicted molar refractivity (Wildman–Crippen MR) is 83.1 cm³/mol. The number of carboxylic acids is 1. The molecule has 2 rings (SSSR count). The molecular formula is C17H23NO2. The van der Waals surface area contributed by atoms with E-state index in [1.165, 1.54) is 43.0 Å². The Morgan fingerprint density at radius 3 is 2.90 bits per heavy atom. The van der Waals surface area contributed by atoms with E-state index in [9.17, 15) is 4.79 Å². The van der Waals surface area contributed by atoms with Gasteiger partial charge in [0.1, 0.15) is 0 Å². The largest absolute Gasteiger partial charge is 0.478 e. The van der Waals surface area contributed by atoms with Gasteiger partial charge in [0.2, 0.25) is 0 Å². The summed E-state index contributed by atoms with van der Waals surface area (Å²) in [5.74, 6) is -0.909. The minimum atomic E-state index is -0.909. The first-order valence-electron chi connectivity index (χ1n) is 7.40. The molecule has 20 heavy (non-hydrogen) atoms. The summed E-state index contributed by atoms with van der Waals surface area (Å²) in [7, 11) is 0. The van der Waals surface area contributed by atoms with Gasteiger partial charge in [-0.05, 0) is 61.9 Å². The zero-order valence-corrected chi connectivity index (χ0v) is 12.3. The van der Waals surface area contributed by atoms with Crippen LogP contribution in [0.5, 0.6) is 0 Å². The summed E-state index contributed by atoms with van der Waals surface area (Å²) >= 11 is 0. The first-order chi connectivity index (χ1) is 9.61. The SMILES string of the molecule is CCC1CCCCN1c1ccc(C=CC(=O)O)cc1C. The maximum atomic E-state index is 10.6. The fourth-order valence-electron chi connectivity index (χ4n) is 3.01. The fraction of sp³-hybridized carbons (Fsp3) is 0.471. The molecule has 1 aliphatic heterocycles. The number of benzene rings is 1. The number of hydrogen-bond acceptors (Lipinski definition) is 2. The Labute approximate surface area is 120 Å². The van der Waals surface area contributed by atoms with Crippen LogP contribution >= 0.6 is 0 Å². The second-order valence-corrected chi connectivity index (χ2v) is 5.47. The number of hydrogen-bond donors (Lipinski definition) is 1. The molecule has 1 saturated heterocycles. The normalized spacial score (nSPS) is 19.5. The summed E-state index contributed by atoms with van der Waals surface area (Å²) in [5, 5.41) is 8.67. The summed E-state index contributed by atoms with van der Waals surface area (Å²) in [6.45, 7) is 5.49. The lowest BCUT2D eigenvalue weighted by molar-refractivity contribution is -0.131. The zero-order chi connectivity index (χ0) is 14.5. The Kier molecular flexibility index (Phi) is 4.83. The quantitative estimate of drug-likeness (QED) is 0.847. The number of carboxylic acid groups (broad SMARTS) is 1. The van der Waals surface area contributed by atoms with Crippen LogP contribution in [0.1, 0.15) is 43.7 Å². The van der Waals surface area contributed by atoms with E-state index in [2.05, 4.69) is 30.9 Å². The molecule has 1 aromatic carbocycles. The van der Waals surface area contributed by atoms with E-state index in [0.29, 0.717) is 6.04 Å². The number of aryl methyl sites for hydroxylation is 1.